The fourth-order valence-electron chi connectivity index (χ4n) is 3.24. The lowest BCUT2D eigenvalue weighted by Crippen LogP contribution is -2.38. The van der Waals surface area contributed by atoms with Crippen LogP contribution in [0.4, 0.5) is 4.39 Å². The summed E-state index contributed by atoms with van der Waals surface area (Å²) in [4.78, 5) is 14.2. The lowest BCUT2D eigenvalue weighted by molar-refractivity contribution is -0.122. The summed E-state index contributed by atoms with van der Waals surface area (Å²) in [6.07, 6.45) is 0. The smallest absolute Gasteiger partial charge is 0.234 e. The molecule has 5 nitrogen and oxygen atoms in total. The number of amides is 1. The molecule has 0 bridgehead atoms. The predicted octanol–water partition coefficient (Wildman–Crippen LogP) is 1.75. The van der Waals surface area contributed by atoms with E-state index in [0.717, 1.165) is 6.54 Å². The van der Waals surface area contributed by atoms with Crippen molar-refractivity contribution in [1.82, 2.24) is 10.2 Å². The maximum absolute atomic E-state index is 12.8. The largest absolute Gasteiger partial charge is 0.492 e. The zero-order valence-electron chi connectivity index (χ0n) is 14.6. The molecule has 1 heterocycles. The zero-order chi connectivity index (χ0) is 18.4. The molecule has 1 aliphatic rings. The van der Waals surface area contributed by atoms with Crippen LogP contribution in [0.15, 0.2) is 54.6 Å². The van der Waals surface area contributed by atoms with E-state index < -0.39 is 0 Å². The second-order valence-corrected chi connectivity index (χ2v) is 6.53. The molecule has 0 aliphatic carbocycles. The van der Waals surface area contributed by atoms with E-state index in [-0.39, 0.29) is 23.7 Å². The molecule has 1 fully saturated rings. The Morgan fingerprint density at radius 3 is 2.62 bits per heavy atom. The van der Waals surface area contributed by atoms with E-state index in [2.05, 4.69) is 22.3 Å². The van der Waals surface area contributed by atoms with Gasteiger partial charge in [0.25, 0.3) is 0 Å². The van der Waals surface area contributed by atoms with Crippen molar-refractivity contribution in [2.24, 2.45) is 5.73 Å². The molecule has 0 spiro atoms. The van der Waals surface area contributed by atoms with Gasteiger partial charge in [-0.2, -0.15) is 0 Å². The lowest BCUT2D eigenvalue weighted by atomic mass is 9.95. The molecule has 26 heavy (non-hydrogen) atoms. The van der Waals surface area contributed by atoms with Crippen molar-refractivity contribution in [3.8, 4) is 5.75 Å². The Kier molecular flexibility index (Phi) is 6.20. The number of nitrogens with one attached hydrogen (secondary N) is 1. The number of hydrogen-bond donors (Lipinski definition) is 2. The van der Waals surface area contributed by atoms with Gasteiger partial charge in [-0.1, -0.05) is 30.3 Å². The number of rotatable bonds is 7. The second-order valence-electron chi connectivity index (χ2n) is 6.53. The summed E-state index contributed by atoms with van der Waals surface area (Å²) in [5, 5.41) is 2.84. The summed E-state index contributed by atoms with van der Waals surface area (Å²) in [5.74, 6) is 0.486. The first-order valence-corrected chi connectivity index (χ1v) is 8.80. The van der Waals surface area contributed by atoms with Gasteiger partial charge in [-0.05, 0) is 29.8 Å². The van der Waals surface area contributed by atoms with Gasteiger partial charge in [0.2, 0.25) is 5.91 Å². The summed E-state index contributed by atoms with van der Waals surface area (Å²) in [6, 6.07) is 16.0. The number of benzene rings is 2. The van der Waals surface area contributed by atoms with Crippen molar-refractivity contribution < 1.29 is 13.9 Å². The Morgan fingerprint density at radius 2 is 1.88 bits per heavy atom. The van der Waals surface area contributed by atoms with Gasteiger partial charge in [0, 0.05) is 25.0 Å². The Balaban J connectivity index is 1.38. The molecule has 0 saturated carbocycles. The molecule has 2 aromatic rings. The molecule has 138 valence electrons. The summed E-state index contributed by atoms with van der Waals surface area (Å²) in [5.41, 5.74) is 7.47. The first kappa shape index (κ1) is 18.4. The number of hydrogen-bond acceptors (Lipinski definition) is 4. The van der Waals surface area contributed by atoms with Gasteiger partial charge in [-0.25, -0.2) is 4.39 Å². The van der Waals surface area contributed by atoms with Crippen LogP contribution in [0, 0.1) is 5.82 Å². The highest BCUT2D eigenvalue weighted by atomic mass is 19.1. The van der Waals surface area contributed by atoms with Crippen LogP contribution in [-0.2, 0) is 4.79 Å². The van der Waals surface area contributed by atoms with E-state index in [1.807, 2.05) is 18.2 Å². The van der Waals surface area contributed by atoms with Crippen LogP contribution in [0.2, 0.25) is 0 Å². The Hall–Kier alpha value is -2.44. The standard InChI is InChI=1S/C20H24FN3O2/c21-16-6-8-17(9-7-16)26-11-10-23-20(25)14-24-12-18(19(22)13-24)15-4-2-1-3-5-15/h1-9,18-19H,10-14,22H2,(H,23,25)/t18-,19+/m0/s1. The molecule has 3 N–H and O–H groups in total. The van der Waals surface area contributed by atoms with Crippen LogP contribution in [0.1, 0.15) is 11.5 Å². The van der Waals surface area contributed by atoms with Crippen LogP contribution in [0.5, 0.6) is 5.75 Å². The van der Waals surface area contributed by atoms with Crippen LogP contribution in [0.3, 0.4) is 0 Å². The van der Waals surface area contributed by atoms with E-state index in [1.54, 1.807) is 12.1 Å². The third-order valence-electron chi connectivity index (χ3n) is 4.54. The summed E-state index contributed by atoms with van der Waals surface area (Å²) < 4.78 is 18.3. The highest BCUT2D eigenvalue weighted by Gasteiger charge is 2.31. The normalized spacial score (nSPS) is 20.1. The number of likely N-dealkylation sites (tertiary alicyclic amines) is 1. The molecule has 1 amide bonds. The fraction of sp³-hybridized carbons (Fsp3) is 0.350. The van der Waals surface area contributed by atoms with E-state index in [9.17, 15) is 9.18 Å². The van der Waals surface area contributed by atoms with E-state index in [1.165, 1.54) is 17.7 Å². The minimum absolute atomic E-state index is 0.0343. The topological polar surface area (TPSA) is 67.6 Å². The van der Waals surface area contributed by atoms with Gasteiger partial charge in [0.1, 0.15) is 18.2 Å². The number of nitrogens with two attached hydrogens (primary N) is 1. The first-order chi connectivity index (χ1) is 12.6. The zero-order valence-corrected chi connectivity index (χ0v) is 14.6. The lowest BCUT2D eigenvalue weighted by Gasteiger charge is -2.16. The highest BCUT2D eigenvalue weighted by Crippen LogP contribution is 2.25. The van der Waals surface area contributed by atoms with Crippen LogP contribution in [0.25, 0.3) is 0 Å². The Morgan fingerprint density at radius 1 is 1.15 bits per heavy atom. The quantitative estimate of drug-likeness (QED) is 0.741. The molecule has 0 aromatic heterocycles. The van der Waals surface area contributed by atoms with E-state index >= 15 is 0 Å². The molecule has 1 saturated heterocycles. The van der Waals surface area contributed by atoms with Crippen molar-refractivity contribution in [3.05, 3.63) is 66.0 Å². The summed E-state index contributed by atoms with van der Waals surface area (Å²) in [7, 11) is 0. The van der Waals surface area contributed by atoms with Gasteiger partial charge < -0.3 is 15.8 Å². The molecule has 2 atom stereocenters. The first-order valence-electron chi connectivity index (χ1n) is 8.80. The molecule has 1 aliphatic heterocycles. The molecule has 6 heteroatoms. The van der Waals surface area contributed by atoms with Crippen molar-refractivity contribution in [1.29, 1.82) is 0 Å². The number of carbonyl (C=O) groups is 1. The van der Waals surface area contributed by atoms with Crippen LogP contribution in [-0.4, -0.2) is 49.6 Å². The number of nitrogens with zero attached hydrogens (tertiary/aromatic N) is 1. The number of ether oxygens (including phenoxy) is 1. The summed E-state index contributed by atoms with van der Waals surface area (Å²) in [6.45, 7) is 2.55. The molecule has 0 unspecified atom stereocenters. The number of halogens is 1. The Labute approximate surface area is 152 Å². The van der Waals surface area contributed by atoms with Crippen LogP contribution < -0.4 is 15.8 Å². The summed E-state index contributed by atoms with van der Waals surface area (Å²) >= 11 is 0. The van der Waals surface area contributed by atoms with Gasteiger partial charge in [0.15, 0.2) is 0 Å². The van der Waals surface area contributed by atoms with E-state index in [0.29, 0.717) is 32.0 Å². The average molecular weight is 357 g/mol. The third-order valence-corrected chi connectivity index (χ3v) is 4.54. The molecular weight excluding hydrogens is 333 g/mol. The van der Waals surface area contributed by atoms with Crippen molar-refractivity contribution >= 4 is 5.91 Å². The maximum Gasteiger partial charge on any atom is 0.234 e. The molecular formula is C20H24FN3O2. The second kappa shape index (κ2) is 8.78. The van der Waals surface area contributed by atoms with Gasteiger partial charge in [0.05, 0.1) is 13.1 Å². The molecule has 3 rings (SSSR count). The minimum Gasteiger partial charge on any atom is -0.492 e. The van der Waals surface area contributed by atoms with Crippen molar-refractivity contribution in [3.63, 3.8) is 0 Å². The van der Waals surface area contributed by atoms with E-state index in [4.69, 9.17) is 10.5 Å². The van der Waals surface area contributed by atoms with Crippen molar-refractivity contribution in [2.45, 2.75) is 12.0 Å². The minimum atomic E-state index is -0.303. The van der Waals surface area contributed by atoms with Gasteiger partial charge in [-0.3, -0.25) is 9.69 Å². The Bertz CT molecular complexity index is 709. The molecule has 2 aromatic carbocycles. The molecule has 0 radical (unpaired) electrons. The third kappa shape index (κ3) is 5.03. The van der Waals surface area contributed by atoms with Gasteiger partial charge >= 0.3 is 0 Å². The van der Waals surface area contributed by atoms with Gasteiger partial charge in [-0.15, -0.1) is 0 Å². The maximum atomic E-state index is 12.8. The number of carbonyl (C=O) groups excluding carboxylic acids is 1. The average Bonchev–Trinajstić information content (AvgIpc) is 3.01. The van der Waals surface area contributed by atoms with Crippen LogP contribution >= 0.6 is 0 Å². The monoisotopic (exact) mass is 357 g/mol. The predicted molar refractivity (Wildman–Crippen MR) is 98.5 cm³/mol. The van der Waals surface area contributed by atoms with Crippen molar-refractivity contribution in [2.75, 3.05) is 32.8 Å². The highest BCUT2D eigenvalue weighted by molar-refractivity contribution is 5.78. The fourth-order valence-corrected chi connectivity index (χ4v) is 3.24. The SMILES string of the molecule is N[C@@H]1CN(CC(=O)NCCOc2ccc(F)cc2)C[C@H]1c1ccccc1.